The molecule has 0 radical (unpaired) electrons. The van der Waals surface area contributed by atoms with Crippen LogP contribution in [0.3, 0.4) is 0 Å². The van der Waals surface area contributed by atoms with Gasteiger partial charge in [0.15, 0.2) is 6.54 Å². The fourth-order valence-electron chi connectivity index (χ4n) is 3.72. The van der Waals surface area contributed by atoms with Crippen molar-refractivity contribution in [1.82, 2.24) is 4.31 Å². The number of quaternary nitrogens is 1. The lowest BCUT2D eigenvalue weighted by atomic mass is 10.2. The molecule has 156 valence electrons. The van der Waals surface area contributed by atoms with Gasteiger partial charge in [-0.05, 0) is 43.9 Å². The summed E-state index contributed by atoms with van der Waals surface area (Å²) in [7, 11) is -2.28. The summed E-state index contributed by atoms with van der Waals surface area (Å²) in [6.07, 6.45) is 4.75. The first-order valence-corrected chi connectivity index (χ1v) is 11.3. The number of nitrogens with zero attached hydrogens (tertiary/aromatic N) is 1. The van der Waals surface area contributed by atoms with Gasteiger partial charge in [0.25, 0.3) is 5.91 Å². The topological polar surface area (TPSA) is 89.4 Å². The number of ether oxygens (including phenoxy) is 2. The lowest BCUT2D eigenvalue weighted by Crippen LogP contribution is -3.12. The highest BCUT2D eigenvalue weighted by Gasteiger charge is 2.29. The molecule has 2 N–H and O–H groups in total. The summed E-state index contributed by atoms with van der Waals surface area (Å²) in [5, 5.41) is 2.85. The minimum Gasteiger partial charge on any atom is -0.495 e. The number of hydrogen-bond acceptors (Lipinski definition) is 5. The van der Waals surface area contributed by atoms with E-state index < -0.39 is 10.0 Å². The van der Waals surface area contributed by atoms with Crippen molar-refractivity contribution < 1.29 is 27.6 Å². The van der Waals surface area contributed by atoms with Crippen LogP contribution in [-0.2, 0) is 19.6 Å². The number of amides is 1. The van der Waals surface area contributed by atoms with Crippen molar-refractivity contribution in [3.63, 3.8) is 0 Å². The van der Waals surface area contributed by atoms with E-state index >= 15 is 0 Å². The Morgan fingerprint density at radius 1 is 1.18 bits per heavy atom. The lowest BCUT2D eigenvalue weighted by molar-refractivity contribution is -0.890. The fourth-order valence-corrected chi connectivity index (χ4v) is 5.31. The maximum atomic E-state index is 13.0. The van der Waals surface area contributed by atoms with Gasteiger partial charge in [-0.25, -0.2) is 8.42 Å². The Balaban J connectivity index is 1.73. The molecule has 2 aliphatic rings. The highest BCUT2D eigenvalue weighted by Crippen LogP contribution is 2.30. The molecule has 2 aliphatic heterocycles. The summed E-state index contributed by atoms with van der Waals surface area (Å²) < 4.78 is 38.0. The summed E-state index contributed by atoms with van der Waals surface area (Å²) >= 11 is 0. The number of benzene rings is 1. The van der Waals surface area contributed by atoms with Crippen molar-refractivity contribution in [1.29, 1.82) is 0 Å². The summed E-state index contributed by atoms with van der Waals surface area (Å²) in [5.41, 5.74) is 0.465. The van der Waals surface area contributed by atoms with E-state index in [1.54, 1.807) is 12.1 Å². The summed E-state index contributed by atoms with van der Waals surface area (Å²) in [6.45, 7) is 3.77. The maximum Gasteiger partial charge on any atom is 0.279 e. The predicted molar refractivity (Wildman–Crippen MR) is 105 cm³/mol. The largest absolute Gasteiger partial charge is 0.495 e. The van der Waals surface area contributed by atoms with E-state index in [0.29, 0.717) is 38.5 Å². The van der Waals surface area contributed by atoms with Gasteiger partial charge in [0, 0.05) is 18.8 Å². The second-order valence-electron chi connectivity index (χ2n) is 7.27. The van der Waals surface area contributed by atoms with Crippen LogP contribution in [0.25, 0.3) is 0 Å². The van der Waals surface area contributed by atoms with Crippen LogP contribution in [0.4, 0.5) is 5.69 Å². The van der Waals surface area contributed by atoms with Crippen molar-refractivity contribution in [3.05, 3.63) is 18.2 Å². The molecule has 28 heavy (non-hydrogen) atoms. The number of nitrogens with one attached hydrogen (secondary N) is 2. The zero-order chi connectivity index (χ0) is 20.0. The fraction of sp³-hybridized carbons (Fsp3) is 0.632. The molecule has 1 aromatic rings. The molecule has 0 atom stereocenters. The maximum absolute atomic E-state index is 13.0. The number of anilines is 1. The minimum absolute atomic E-state index is 0.0665. The highest BCUT2D eigenvalue weighted by molar-refractivity contribution is 7.89. The van der Waals surface area contributed by atoms with Crippen molar-refractivity contribution in [3.8, 4) is 5.75 Å². The van der Waals surface area contributed by atoms with Crippen LogP contribution in [0, 0.1) is 0 Å². The molecule has 0 aliphatic carbocycles. The number of carbonyl (C=O) groups is 1. The standard InChI is InChI=1S/C19H29N3O5S/c1-26-17-7-6-16(20-19(23)15-21-8-4-2-3-5-9-21)14-18(17)28(24,25)22-10-12-27-13-11-22/h6-7,14H,2-5,8-13,15H2,1H3,(H,20,23)/p+1. The summed E-state index contributed by atoms with van der Waals surface area (Å²) in [4.78, 5) is 13.8. The van der Waals surface area contributed by atoms with E-state index in [-0.39, 0.29) is 16.6 Å². The molecule has 2 heterocycles. The van der Waals surface area contributed by atoms with Crippen LogP contribution in [0.15, 0.2) is 23.1 Å². The first-order valence-electron chi connectivity index (χ1n) is 9.90. The molecule has 1 aromatic carbocycles. The molecule has 0 aromatic heterocycles. The van der Waals surface area contributed by atoms with Gasteiger partial charge < -0.3 is 19.7 Å². The second kappa shape index (κ2) is 9.69. The predicted octanol–water partition coefficient (Wildman–Crippen LogP) is 0.114. The van der Waals surface area contributed by atoms with Crippen LogP contribution < -0.4 is 15.0 Å². The van der Waals surface area contributed by atoms with Gasteiger partial charge >= 0.3 is 0 Å². The minimum atomic E-state index is -3.72. The summed E-state index contributed by atoms with van der Waals surface area (Å²) in [5.74, 6) is 0.166. The average molecular weight is 413 g/mol. The smallest absolute Gasteiger partial charge is 0.279 e. The Bertz CT molecular complexity index is 770. The molecule has 2 fully saturated rings. The van der Waals surface area contributed by atoms with Gasteiger partial charge in [-0.2, -0.15) is 4.31 Å². The Morgan fingerprint density at radius 2 is 1.86 bits per heavy atom. The molecule has 9 heteroatoms. The zero-order valence-electron chi connectivity index (χ0n) is 16.4. The first kappa shape index (κ1) is 21.0. The lowest BCUT2D eigenvalue weighted by Gasteiger charge is -2.26. The molecular weight excluding hydrogens is 382 g/mol. The monoisotopic (exact) mass is 412 g/mol. The number of carbonyl (C=O) groups excluding carboxylic acids is 1. The Morgan fingerprint density at radius 3 is 2.50 bits per heavy atom. The first-order chi connectivity index (χ1) is 13.5. The van der Waals surface area contributed by atoms with Gasteiger partial charge in [-0.15, -0.1) is 0 Å². The molecule has 0 spiro atoms. The number of rotatable bonds is 6. The van der Waals surface area contributed by atoms with Gasteiger partial charge in [-0.3, -0.25) is 4.79 Å². The summed E-state index contributed by atoms with van der Waals surface area (Å²) in [6, 6.07) is 4.74. The van der Waals surface area contributed by atoms with E-state index in [4.69, 9.17) is 9.47 Å². The molecule has 3 rings (SSSR count). The van der Waals surface area contributed by atoms with Gasteiger partial charge in [0.2, 0.25) is 10.0 Å². The SMILES string of the molecule is COc1ccc(NC(=O)C[NH+]2CCCCCC2)cc1S(=O)(=O)N1CCOCC1. The van der Waals surface area contributed by atoms with Gasteiger partial charge in [-0.1, -0.05) is 0 Å². The van der Waals surface area contributed by atoms with Crippen molar-refractivity contribution in [2.75, 3.05) is 58.4 Å². The van der Waals surface area contributed by atoms with Crippen molar-refractivity contribution in [2.24, 2.45) is 0 Å². The quantitative estimate of drug-likeness (QED) is 0.693. The van der Waals surface area contributed by atoms with Gasteiger partial charge in [0.1, 0.15) is 10.6 Å². The molecule has 0 saturated carbocycles. The Labute approximate surface area is 166 Å². The molecular formula is C19H30N3O5S+. The Kier molecular flexibility index (Phi) is 7.28. The third kappa shape index (κ3) is 5.22. The number of hydrogen-bond donors (Lipinski definition) is 2. The van der Waals surface area contributed by atoms with E-state index in [1.165, 1.54) is 35.2 Å². The van der Waals surface area contributed by atoms with E-state index in [0.717, 1.165) is 25.9 Å². The third-order valence-corrected chi connectivity index (χ3v) is 7.18. The number of morpholine rings is 1. The molecule has 1 amide bonds. The molecule has 0 unspecified atom stereocenters. The normalized spacial score (nSPS) is 19.8. The number of sulfonamides is 1. The van der Waals surface area contributed by atoms with E-state index in [2.05, 4.69) is 5.32 Å². The number of methoxy groups -OCH3 is 1. The molecule has 0 bridgehead atoms. The van der Waals surface area contributed by atoms with Crippen LogP contribution in [0.5, 0.6) is 5.75 Å². The van der Waals surface area contributed by atoms with E-state index in [1.807, 2.05) is 0 Å². The highest BCUT2D eigenvalue weighted by atomic mass is 32.2. The third-order valence-electron chi connectivity index (χ3n) is 5.26. The van der Waals surface area contributed by atoms with Gasteiger partial charge in [0.05, 0.1) is 33.4 Å². The average Bonchev–Trinajstić information content (AvgIpc) is 2.97. The van der Waals surface area contributed by atoms with E-state index in [9.17, 15) is 13.2 Å². The van der Waals surface area contributed by atoms with Crippen molar-refractivity contribution >= 4 is 21.6 Å². The second-order valence-corrected chi connectivity index (χ2v) is 9.18. The van der Waals surface area contributed by atoms with Crippen LogP contribution in [-0.4, -0.2) is 71.7 Å². The number of likely N-dealkylation sites (tertiary alicyclic amines) is 1. The van der Waals surface area contributed by atoms with Crippen LogP contribution in [0.1, 0.15) is 25.7 Å². The van der Waals surface area contributed by atoms with Crippen LogP contribution in [0.2, 0.25) is 0 Å². The van der Waals surface area contributed by atoms with Crippen LogP contribution >= 0.6 is 0 Å². The Hall–Kier alpha value is -1.68. The molecule has 8 nitrogen and oxygen atoms in total. The van der Waals surface area contributed by atoms with Crippen molar-refractivity contribution in [2.45, 2.75) is 30.6 Å². The zero-order valence-corrected chi connectivity index (χ0v) is 17.2. The molecule has 2 saturated heterocycles.